The van der Waals surface area contributed by atoms with Gasteiger partial charge in [0.1, 0.15) is 11.2 Å². The Morgan fingerprint density at radius 1 is 0.453 bits per heavy atom. The molecule has 0 saturated carbocycles. The molecular formula is C48H32N4O. The van der Waals surface area contributed by atoms with E-state index < -0.39 is 0 Å². The minimum Gasteiger partial charge on any atom is -0.456 e. The maximum Gasteiger partial charge on any atom is 0.164 e. The van der Waals surface area contributed by atoms with Gasteiger partial charge in [-0.1, -0.05) is 129 Å². The number of hydrogen-bond acceptors (Lipinski definition) is 4. The van der Waals surface area contributed by atoms with Crippen LogP contribution in [0.4, 0.5) is 0 Å². The highest BCUT2D eigenvalue weighted by Gasteiger charge is 2.36. The molecule has 0 spiro atoms. The van der Waals surface area contributed by atoms with E-state index in [1.807, 2.05) is 60.7 Å². The fraction of sp³-hybridized carbons (Fsp3) is 0.0625. The summed E-state index contributed by atoms with van der Waals surface area (Å²) in [5.41, 5.74) is 13.0. The van der Waals surface area contributed by atoms with Crippen molar-refractivity contribution in [2.45, 2.75) is 19.3 Å². The summed E-state index contributed by atoms with van der Waals surface area (Å²) in [5.74, 6) is 1.83. The number of nitrogens with zero attached hydrogens (tertiary/aromatic N) is 4. The summed E-state index contributed by atoms with van der Waals surface area (Å²) in [5, 5.41) is 4.51. The first-order valence-electron chi connectivity index (χ1n) is 18.0. The zero-order chi connectivity index (χ0) is 35.3. The molecule has 0 N–H and O–H groups in total. The van der Waals surface area contributed by atoms with Gasteiger partial charge in [0.15, 0.2) is 17.5 Å². The molecule has 53 heavy (non-hydrogen) atoms. The molecule has 3 heterocycles. The smallest absolute Gasteiger partial charge is 0.164 e. The Balaban J connectivity index is 1.14. The van der Waals surface area contributed by atoms with Crippen LogP contribution in [-0.4, -0.2) is 19.5 Å². The fourth-order valence-electron chi connectivity index (χ4n) is 8.53. The SMILES string of the molecule is CC1(C)c2ccccc2-c2cc3c(cc21)c1ccccc1n3-c1cccc(-c2nc(-c3ccccc3)nc(-c3cccc4oc5ccccc5c34)n2)c1. The maximum atomic E-state index is 6.26. The molecule has 0 aliphatic heterocycles. The first kappa shape index (κ1) is 29.8. The average Bonchev–Trinajstić information content (AvgIpc) is 3.83. The zero-order valence-electron chi connectivity index (χ0n) is 29.2. The zero-order valence-corrected chi connectivity index (χ0v) is 29.2. The van der Waals surface area contributed by atoms with Gasteiger partial charge in [-0.05, 0) is 64.7 Å². The van der Waals surface area contributed by atoms with E-state index in [1.54, 1.807) is 0 Å². The molecule has 5 heteroatoms. The molecule has 7 aromatic carbocycles. The van der Waals surface area contributed by atoms with Crippen LogP contribution in [0.15, 0.2) is 162 Å². The molecule has 0 atom stereocenters. The van der Waals surface area contributed by atoms with Crippen LogP contribution in [-0.2, 0) is 5.41 Å². The van der Waals surface area contributed by atoms with Gasteiger partial charge in [-0.2, -0.15) is 0 Å². The van der Waals surface area contributed by atoms with E-state index in [0.717, 1.165) is 49.8 Å². The van der Waals surface area contributed by atoms with E-state index in [4.69, 9.17) is 19.4 Å². The summed E-state index contributed by atoms with van der Waals surface area (Å²) in [6.07, 6.45) is 0. The van der Waals surface area contributed by atoms with Crippen LogP contribution >= 0.6 is 0 Å². The largest absolute Gasteiger partial charge is 0.456 e. The average molecular weight is 681 g/mol. The lowest BCUT2D eigenvalue weighted by atomic mass is 9.82. The summed E-state index contributed by atoms with van der Waals surface area (Å²) >= 11 is 0. The number of hydrogen-bond donors (Lipinski definition) is 0. The van der Waals surface area contributed by atoms with Gasteiger partial charge in [0.2, 0.25) is 0 Å². The van der Waals surface area contributed by atoms with Crippen molar-refractivity contribution in [1.82, 2.24) is 19.5 Å². The van der Waals surface area contributed by atoms with Crippen LogP contribution in [0, 0.1) is 0 Å². The molecule has 0 unspecified atom stereocenters. The third-order valence-electron chi connectivity index (χ3n) is 11.0. The predicted molar refractivity (Wildman–Crippen MR) is 215 cm³/mol. The van der Waals surface area contributed by atoms with E-state index in [1.165, 1.54) is 38.5 Å². The molecule has 0 saturated heterocycles. The van der Waals surface area contributed by atoms with E-state index in [0.29, 0.717) is 17.5 Å². The van der Waals surface area contributed by atoms with Crippen molar-refractivity contribution in [2.24, 2.45) is 0 Å². The number of fused-ring (bicyclic) bond motifs is 9. The Bertz CT molecular complexity index is 3100. The summed E-state index contributed by atoms with van der Waals surface area (Å²) in [6.45, 7) is 4.68. The Morgan fingerprint density at radius 3 is 2.00 bits per heavy atom. The predicted octanol–water partition coefficient (Wildman–Crippen LogP) is 12.2. The van der Waals surface area contributed by atoms with Gasteiger partial charge >= 0.3 is 0 Å². The van der Waals surface area contributed by atoms with Crippen LogP contribution in [0.5, 0.6) is 0 Å². The van der Waals surface area contributed by atoms with Gasteiger partial charge in [-0.15, -0.1) is 0 Å². The van der Waals surface area contributed by atoms with Crippen molar-refractivity contribution in [3.8, 4) is 51.0 Å². The second-order valence-electron chi connectivity index (χ2n) is 14.4. The Kier molecular flexibility index (Phi) is 6.23. The van der Waals surface area contributed by atoms with Crippen molar-refractivity contribution >= 4 is 43.7 Å². The Morgan fingerprint density at radius 2 is 1.11 bits per heavy atom. The van der Waals surface area contributed by atoms with Crippen molar-refractivity contribution in [1.29, 1.82) is 0 Å². The maximum absolute atomic E-state index is 6.26. The van der Waals surface area contributed by atoms with Gasteiger partial charge < -0.3 is 8.98 Å². The van der Waals surface area contributed by atoms with Crippen molar-refractivity contribution in [3.05, 3.63) is 169 Å². The first-order valence-corrected chi connectivity index (χ1v) is 18.0. The van der Waals surface area contributed by atoms with Crippen LogP contribution in [0.25, 0.3) is 94.7 Å². The van der Waals surface area contributed by atoms with Crippen molar-refractivity contribution in [3.63, 3.8) is 0 Å². The second kappa shape index (κ2) is 11.1. The molecule has 250 valence electrons. The third-order valence-corrected chi connectivity index (χ3v) is 11.0. The number of aromatic nitrogens is 4. The number of para-hydroxylation sites is 2. The summed E-state index contributed by atoms with van der Waals surface area (Å²) < 4.78 is 8.65. The fourth-order valence-corrected chi connectivity index (χ4v) is 8.53. The van der Waals surface area contributed by atoms with Crippen molar-refractivity contribution < 1.29 is 4.42 Å². The molecule has 0 fully saturated rings. The molecule has 5 nitrogen and oxygen atoms in total. The minimum absolute atomic E-state index is 0.0802. The monoisotopic (exact) mass is 680 g/mol. The Labute approximate surface area is 305 Å². The molecule has 0 bridgehead atoms. The highest BCUT2D eigenvalue weighted by Crippen LogP contribution is 2.51. The van der Waals surface area contributed by atoms with Gasteiger partial charge in [0.05, 0.1) is 11.0 Å². The highest BCUT2D eigenvalue weighted by molar-refractivity contribution is 6.12. The van der Waals surface area contributed by atoms with E-state index >= 15 is 0 Å². The number of rotatable bonds is 4. The normalized spacial score (nSPS) is 13.2. The molecular weight excluding hydrogens is 649 g/mol. The molecule has 3 aromatic heterocycles. The molecule has 0 amide bonds. The number of benzene rings is 7. The van der Waals surface area contributed by atoms with Crippen LogP contribution < -0.4 is 0 Å². The van der Waals surface area contributed by atoms with Gasteiger partial charge in [0.25, 0.3) is 0 Å². The van der Waals surface area contributed by atoms with Crippen LogP contribution in [0.3, 0.4) is 0 Å². The van der Waals surface area contributed by atoms with E-state index in [2.05, 4.69) is 115 Å². The summed E-state index contributed by atoms with van der Waals surface area (Å²) in [7, 11) is 0. The lowest BCUT2D eigenvalue weighted by Crippen LogP contribution is -2.14. The molecule has 10 aromatic rings. The standard InChI is InChI=1S/C48H32N4O/c1-48(2)38-22-9-6-18-32(38)36-28-41-37(27-39(36)48)33-19-7-10-23-40(33)52(41)31-17-12-16-30(26-31)46-49-45(29-14-4-3-5-15-29)50-47(51-46)35-21-13-25-43-44(35)34-20-8-11-24-42(34)53-43/h3-28H,1-2H3. The highest BCUT2D eigenvalue weighted by atomic mass is 16.3. The van der Waals surface area contributed by atoms with Crippen molar-refractivity contribution in [2.75, 3.05) is 0 Å². The molecule has 11 rings (SSSR count). The van der Waals surface area contributed by atoms with Gasteiger partial charge in [0, 0.05) is 49.3 Å². The lowest BCUT2D eigenvalue weighted by molar-refractivity contribution is 0.661. The molecule has 1 aliphatic carbocycles. The quantitative estimate of drug-likeness (QED) is 0.186. The molecule has 0 radical (unpaired) electrons. The first-order chi connectivity index (χ1) is 26.0. The summed E-state index contributed by atoms with van der Waals surface area (Å²) in [6, 6.07) is 55.3. The number of furan rings is 1. The van der Waals surface area contributed by atoms with Gasteiger partial charge in [-0.25, -0.2) is 15.0 Å². The lowest BCUT2D eigenvalue weighted by Gasteiger charge is -2.21. The van der Waals surface area contributed by atoms with E-state index in [9.17, 15) is 0 Å². The Hall–Kier alpha value is -6.85. The van der Waals surface area contributed by atoms with Crippen LogP contribution in [0.1, 0.15) is 25.0 Å². The third kappa shape index (κ3) is 4.40. The molecule has 1 aliphatic rings. The minimum atomic E-state index is -0.0802. The van der Waals surface area contributed by atoms with Gasteiger partial charge in [-0.3, -0.25) is 0 Å². The summed E-state index contributed by atoms with van der Waals surface area (Å²) in [4.78, 5) is 15.4. The second-order valence-corrected chi connectivity index (χ2v) is 14.4. The topological polar surface area (TPSA) is 56.7 Å². The van der Waals surface area contributed by atoms with Crippen LogP contribution in [0.2, 0.25) is 0 Å². The van der Waals surface area contributed by atoms with E-state index in [-0.39, 0.29) is 5.41 Å².